The van der Waals surface area contributed by atoms with Crippen molar-refractivity contribution in [2.24, 2.45) is 0 Å². The first-order valence-electron chi connectivity index (χ1n) is 6.31. The van der Waals surface area contributed by atoms with Gasteiger partial charge in [0.15, 0.2) is 0 Å². The monoisotopic (exact) mass is 258 g/mol. The second-order valence-corrected chi connectivity index (χ2v) is 4.35. The van der Waals surface area contributed by atoms with Crippen LogP contribution in [0.2, 0.25) is 0 Å². The number of benzene rings is 1. The van der Waals surface area contributed by atoms with Crippen molar-refractivity contribution in [3.63, 3.8) is 0 Å². The van der Waals surface area contributed by atoms with Gasteiger partial charge in [-0.15, -0.1) is 0 Å². The van der Waals surface area contributed by atoms with Crippen LogP contribution in [0.3, 0.4) is 0 Å². The molecule has 0 saturated heterocycles. The van der Waals surface area contributed by atoms with Gasteiger partial charge >= 0.3 is 0 Å². The molecule has 0 atom stereocenters. The van der Waals surface area contributed by atoms with Crippen LogP contribution in [0.5, 0.6) is 0 Å². The zero-order chi connectivity index (χ0) is 13.5. The molecule has 0 aliphatic carbocycles. The molecule has 19 heavy (non-hydrogen) atoms. The van der Waals surface area contributed by atoms with Crippen molar-refractivity contribution in [1.29, 1.82) is 0 Å². The number of hydrogen-bond donors (Lipinski definition) is 2. The Morgan fingerprint density at radius 3 is 2.95 bits per heavy atom. The van der Waals surface area contributed by atoms with Crippen LogP contribution in [0.1, 0.15) is 12.0 Å². The number of nitrogens with zero attached hydrogens (tertiary/aromatic N) is 2. The minimum absolute atomic E-state index is 0.0448. The Labute approximate surface area is 112 Å². The zero-order valence-corrected chi connectivity index (χ0v) is 10.7. The fourth-order valence-corrected chi connectivity index (χ4v) is 1.84. The predicted molar refractivity (Wildman–Crippen MR) is 74.4 cm³/mol. The lowest BCUT2D eigenvalue weighted by Gasteiger charge is -2.07. The van der Waals surface area contributed by atoms with Crippen LogP contribution in [0.4, 0.5) is 5.69 Å². The minimum atomic E-state index is 0.0448. The van der Waals surface area contributed by atoms with Gasteiger partial charge < -0.3 is 15.6 Å². The third-order valence-electron chi connectivity index (χ3n) is 2.93. The molecule has 0 aliphatic heterocycles. The minimum Gasteiger partial charge on any atom is -0.399 e. The number of nitrogen functional groups attached to an aromatic ring is 1. The highest BCUT2D eigenvalue weighted by Crippen LogP contribution is 2.12. The summed E-state index contributed by atoms with van der Waals surface area (Å²) in [5, 5.41) is 2.88. The molecule has 0 aliphatic rings. The van der Waals surface area contributed by atoms with Crippen molar-refractivity contribution in [3.8, 4) is 0 Å². The lowest BCUT2D eigenvalue weighted by atomic mass is 10.1. The van der Waals surface area contributed by atoms with E-state index in [4.69, 9.17) is 5.73 Å². The fourth-order valence-electron chi connectivity index (χ4n) is 1.84. The van der Waals surface area contributed by atoms with Gasteiger partial charge in [-0.05, 0) is 18.1 Å². The summed E-state index contributed by atoms with van der Waals surface area (Å²) in [6, 6.07) is 7.63. The Kier molecular flexibility index (Phi) is 4.55. The molecule has 2 aromatic rings. The summed E-state index contributed by atoms with van der Waals surface area (Å²) in [7, 11) is 0. The Balaban J connectivity index is 1.69. The first kappa shape index (κ1) is 13.1. The standard InChI is InChI=1S/C14H18N4O/c15-13-4-2-1-3-12(13)5-6-14(19)17-8-10-18-9-7-16-11-18/h1-4,7,9,11H,5-6,8,10,15H2,(H,17,19). The Bertz CT molecular complexity index is 522. The molecule has 1 aromatic carbocycles. The van der Waals surface area contributed by atoms with E-state index in [0.29, 0.717) is 19.4 Å². The summed E-state index contributed by atoms with van der Waals surface area (Å²) in [6.45, 7) is 1.35. The van der Waals surface area contributed by atoms with Crippen LogP contribution in [0.25, 0.3) is 0 Å². The number of hydrogen-bond acceptors (Lipinski definition) is 3. The third-order valence-corrected chi connectivity index (χ3v) is 2.93. The van der Waals surface area contributed by atoms with E-state index in [1.165, 1.54) is 0 Å². The number of anilines is 1. The number of nitrogens with one attached hydrogen (secondary N) is 1. The van der Waals surface area contributed by atoms with E-state index in [-0.39, 0.29) is 5.91 Å². The van der Waals surface area contributed by atoms with Crippen molar-refractivity contribution in [2.75, 3.05) is 12.3 Å². The second kappa shape index (κ2) is 6.58. The number of aryl methyl sites for hydroxylation is 1. The van der Waals surface area contributed by atoms with Crippen LogP contribution in [-0.2, 0) is 17.8 Å². The summed E-state index contributed by atoms with van der Waals surface area (Å²) in [5.74, 6) is 0.0448. The molecule has 0 fully saturated rings. The number of carbonyl (C=O) groups is 1. The maximum absolute atomic E-state index is 11.7. The highest BCUT2D eigenvalue weighted by atomic mass is 16.1. The molecule has 100 valence electrons. The molecule has 1 heterocycles. The van der Waals surface area contributed by atoms with Crippen molar-refractivity contribution < 1.29 is 4.79 Å². The molecule has 2 rings (SSSR count). The van der Waals surface area contributed by atoms with Crippen molar-refractivity contribution >= 4 is 11.6 Å². The van der Waals surface area contributed by atoms with Crippen LogP contribution in [0.15, 0.2) is 43.0 Å². The van der Waals surface area contributed by atoms with Gasteiger partial charge in [0, 0.05) is 37.6 Å². The molecule has 1 aromatic heterocycles. The van der Waals surface area contributed by atoms with E-state index in [1.54, 1.807) is 12.5 Å². The van der Waals surface area contributed by atoms with Gasteiger partial charge in [0.05, 0.1) is 6.33 Å². The number of imidazole rings is 1. The molecule has 1 amide bonds. The fraction of sp³-hybridized carbons (Fsp3) is 0.286. The maximum atomic E-state index is 11.7. The van der Waals surface area contributed by atoms with Gasteiger partial charge in [-0.2, -0.15) is 0 Å². The number of carbonyl (C=O) groups excluding carboxylic acids is 1. The van der Waals surface area contributed by atoms with Gasteiger partial charge in [-0.25, -0.2) is 4.98 Å². The molecule has 0 bridgehead atoms. The van der Waals surface area contributed by atoms with Gasteiger partial charge in [0.25, 0.3) is 0 Å². The van der Waals surface area contributed by atoms with E-state index < -0.39 is 0 Å². The molecule has 0 spiro atoms. The number of aromatic nitrogens is 2. The lowest BCUT2D eigenvalue weighted by molar-refractivity contribution is -0.121. The summed E-state index contributed by atoms with van der Waals surface area (Å²) in [6.07, 6.45) is 6.45. The van der Waals surface area contributed by atoms with E-state index in [9.17, 15) is 4.79 Å². The molecular formula is C14H18N4O. The summed E-state index contributed by atoms with van der Waals surface area (Å²) >= 11 is 0. The average molecular weight is 258 g/mol. The number of amides is 1. The van der Waals surface area contributed by atoms with Gasteiger partial charge in [-0.3, -0.25) is 4.79 Å². The third kappa shape index (κ3) is 4.13. The smallest absolute Gasteiger partial charge is 0.220 e. The van der Waals surface area contributed by atoms with E-state index >= 15 is 0 Å². The normalized spacial score (nSPS) is 10.3. The quantitative estimate of drug-likeness (QED) is 0.765. The molecule has 5 nitrogen and oxygen atoms in total. The second-order valence-electron chi connectivity index (χ2n) is 4.35. The molecule has 5 heteroatoms. The van der Waals surface area contributed by atoms with Crippen LogP contribution in [0, 0.1) is 0 Å². The summed E-state index contributed by atoms with van der Waals surface area (Å²) in [4.78, 5) is 15.6. The van der Waals surface area contributed by atoms with Crippen LogP contribution in [-0.4, -0.2) is 22.0 Å². The first-order chi connectivity index (χ1) is 9.25. The average Bonchev–Trinajstić information content (AvgIpc) is 2.91. The SMILES string of the molecule is Nc1ccccc1CCC(=O)NCCn1ccnc1. The Morgan fingerprint density at radius 2 is 2.21 bits per heavy atom. The summed E-state index contributed by atoms with van der Waals surface area (Å²) in [5.41, 5.74) is 7.59. The van der Waals surface area contributed by atoms with E-state index in [2.05, 4.69) is 10.3 Å². The zero-order valence-electron chi connectivity index (χ0n) is 10.7. The highest BCUT2D eigenvalue weighted by molar-refractivity contribution is 5.76. The Hall–Kier alpha value is -2.30. The number of para-hydroxylation sites is 1. The maximum Gasteiger partial charge on any atom is 0.220 e. The number of rotatable bonds is 6. The lowest BCUT2D eigenvalue weighted by Crippen LogP contribution is -2.27. The van der Waals surface area contributed by atoms with Crippen LogP contribution >= 0.6 is 0 Å². The van der Waals surface area contributed by atoms with Crippen molar-refractivity contribution in [2.45, 2.75) is 19.4 Å². The summed E-state index contributed by atoms with van der Waals surface area (Å²) < 4.78 is 1.93. The van der Waals surface area contributed by atoms with Crippen molar-refractivity contribution in [1.82, 2.24) is 14.9 Å². The number of nitrogens with two attached hydrogens (primary N) is 1. The van der Waals surface area contributed by atoms with Crippen LogP contribution < -0.4 is 11.1 Å². The van der Waals surface area contributed by atoms with Crippen molar-refractivity contribution in [3.05, 3.63) is 48.5 Å². The molecule has 3 N–H and O–H groups in total. The highest BCUT2D eigenvalue weighted by Gasteiger charge is 2.03. The Morgan fingerprint density at radius 1 is 1.37 bits per heavy atom. The first-order valence-corrected chi connectivity index (χ1v) is 6.31. The van der Waals surface area contributed by atoms with Gasteiger partial charge in [-0.1, -0.05) is 18.2 Å². The molecule has 0 unspecified atom stereocenters. The topological polar surface area (TPSA) is 72.9 Å². The largest absolute Gasteiger partial charge is 0.399 e. The molecule has 0 saturated carbocycles. The van der Waals surface area contributed by atoms with Gasteiger partial charge in [0.1, 0.15) is 0 Å². The van der Waals surface area contributed by atoms with E-state index in [1.807, 2.05) is 35.0 Å². The molecular weight excluding hydrogens is 240 g/mol. The van der Waals surface area contributed by atoms with Gasteiger partial charge in [0.2, 0.25) is 5.91 Å². The van der Waals surface area contributed by atoms with E-state index in [0.717, 1.165) is 17.8 Å². The molecule has 0 radical (unpaired) electrons. The predicted octanol–water partition coefficient (Wildman–Crippen LogP) is 1.21.